The van der Waals surface area contributed by atoms with Crippen molar-refractivity contribution in [3.8, 4) is 22.3 Å². The van der Waals surface area contributed by atoms with E-state index in [9.17, 15) is 5.11 Å². The molecule has 0 unspecified atom stereocenters. The van der Waals surface area contributed by atoms with Crippen LogP contribution < -0.4 is 0 Å². The van der Waals surface area contributed by atoms with Crippen molar-refractivity contribution in [2.45, 2.75) is 31.8 Å². The van der Waals surface area contributed by atoms with E-state index >= 15 is 0 Å². The number of hydrogen-bond donors (Lipinski definition) is 1. The van der Waals surface area contributed by atoms with Crippen molar-refractivity contribution in [2.75, 3.05) is 0 Å². The molecular weight excluding hydrogens is 552 g/mol. The largest absolute Gasteiger partial charge is 0.376 e. The van der Waals surface area contributed by atoms with E-state index in [1.807, 2.05) is 78.9 Å². The summed E-state index contributed by atoms with van der Waals surface area (Å²) in [4.78, 5) is 0. The minimum absolute atomic E-state index is 0.0982. The maximum atomic E-state index is 12.6. The van der Waals surface area contributed by atoms with Crippen molar-refractivity contribution >= 4 is 27.5 Å². The van der Waals surface area contributed by atoms with Crippen molar-refractivity contribution < 1.29 is 5.11 Å². The third kappa shape index (κ3) is 5.09. The van der Waals surface area contributed by atoms with Crippen molar-refractivity contribution in [3.63, 3.8) is 0 Å². The molecule has 1 N–H and O–H groups in total. The molecule has 0 saturated heterocycles. The summed E-state index contributed by atoms with van der Waals surface area (Å²) in [7, 11) is 0. The molecule has 5 aromatic carbocycles. The maximum absolute atomic E-state index is 12.6. The van der Waals surface area contributed by atoms with Crippen LogP contribution in [-0.2, 0) is 11.0 Å². The molecular formula is C35H30BrClO. The van der Waals surface area contributed by atoms with E-state index in [-0.39, 0.29) is 5.41 Å². The SMILES string of the molecule is CC(C)(C)c1ccc(-c2ccc(Br)c(-c3ccc(Cl)cc3C(O)(c3ccccc3)c3ccccc3)c2)cc1. The number of benzene rings is 5. The lowest BCUT2D eigenvalue weighted by atomic mass is 9.77. The van der Waals surface area contributed by atoms with Gasteiger partial charge in [-0.2, -0.15) is 0 Å². The molecule has 190 valence electrons. The topological polar surface area (TPSA) is 20.2 Å². The summed E-state index contributed by atoms with van der Waals surface area (Å²) in [6.45, 7) is 6.67. The smallest absolute Gasteiger partial charge is 0.141 e. The van der Waals surface area contributed by atoms with Gasteiger partial charge in [0.05, 0.1) is 0 Å². The van der Waals surface area contributed by atoms with Gasteiger partial charge in [0.2, 0.25) is 0 Å². The zero-order valence-electron chi connectivity index (χ0n) is 21.8. The molecule has 5 aromatic rings. The first-order valence-electron chi connectivity index (χ1n) is 12.7. The van der Waals surface area contributed by atoms with Gasteiger partial charge in [0.15, 0.2) is 0 Å². The quantitative estimate of drug-likeness (QED) is 0.205. The summed E-state index contributed by atoms with van der Waals surface area (Å²) in [6, 6.07) is 40.5. The first kappa shape index (κ1) is 26.4. The molecule has 0 spiro atoms. The highest BCUT2D eigenvalue weighted by atomic mass is 79.9. The van der Waals surface area contributed by atoms with E-state index < -0.39 is 5.60 Å². The summed E-state index contributed by atoms with van der Waals surface area (Å²) >= 11 is 10.4. The van der Waals surface area contributed by atoms with Gasteiger partial charge in [0.25, 0.3) is 0 Å². The van der Waals surface area contributed by atoms with Crippen LogP contribution in [-0.4, -0.2) is 5.11 Å². The highest BCUT2D eigenvalue weighted by Crippen LogP contribution is 2.45. The van der Waals surface area contributed by atoms with Crippen molar-refractivity contribution in [3.05, 3.63) is 153 Å². The lowest BCUT2D eigenvalue weighted by Crippen LogP contribution is -2.29. The zero-order valence-corrected chi connectivity index (χ0v) is 24.1. The fourth-order valence-corrected chi connectivity index (χ4v) is 5.59. The molecule has 3 heteroatoms. The Labute approximate surface area is 238 Å². The monoisotopic (exact) mass is 580 g/mol. The Morgan fingerprint density at radius 2 is 1.13 bits per heavy atom. The fraction of sp³-hybridized carbons (Fsp3) is 0.143. The Balaban J connectivity index is 1.71. The fourth-order valence-electron chi connectivity index (χ4n) is 4.96. The highest BCUT2D eigenvalue weighted by Gasteiger charge is 2.36. The predicted molar refractivity (Wildman–Crippen MR) is 164 cm³/mol. The molecule has 0 aliphatic rings. The van der Waals surface area contributed by atoms with Gasteiger partial charge >= 0.3 is 0 Å². The molecule has 0 radical (unpaired) electrons. The molecule has 0 fully saturated rings. The van der Waals surface area contributed by atoms with Crippen molar-refractivity contribution in [1.29, 1.82) is 0 Å². The first-order chi connectivity index (χ1) is 18.2. The van der Waals surface area contributed by atoms with Crippen LogP contribution in [0.1, 0.15) is 43.0 Å². The molecule has 0 bridgehead atoms. The molecule has 38 heavy (non-hydrogen) atoms. The number of rotatable bonds is 5. The second-order valence-corrected chi connectivity index (χ2v) is 11.9. The number of halogens is 2. The van der Waals surface area contributed by atoms with Gasteiger partial charge in [-0.25, -0.2) is 0 Å². The molecule has 0 heterocycles. The molecule has 0 saturated carbocycles. The Bertz CT molecular complexity index is 1510. The van der Waals surface area contributed by atoms with Gasteiger partial charge in [-0.05, 0) is 68.6 Å². The van der Waals surface area contributed by atoms with Gasteiger partial charge in [0, 0.05) is 15.1 Å². The molecule has 1 nitrogen and oxygen atoms in total. The minimum atomic E-state index is -1.41. The molecule has 0 atom stereocenters. The van der Waals surface area contributed by atoms with Crippen LogP contribution in [0.2, 0.25) is 5.02 Å². The summed E-state index contributed by atoms with van der Waals surface area (Å²) in [6.07, 6.45) is 0. The highest BCUT2D eigenvalue weighted by molar-refractivity contribution is 9.10. The zero-order chi connectivity index (χ0) is 26.9. The Morgan fingerprint density at radius 3 is 1.68 bits per heavy atom. The van der Waals surface area contributed by atoms with Crippen molar-refractivity contribution in [1.82, 2.24) is 0 Å². The van der Waals surface area contributed by atoms with Gasteiger partial charge in [0.1, 0.15) is 5.60 Å². The van der Waals surface area contributed by atoms with Crippen LogP contribution >= 0.6 is 27.5 Å². The summed E-state index contributed by atoms with van der Waals surface area (Å²) in [5, 5.41) is 13.2. The van der Waals surface area contributed by atoms with E-state index in [0.717, 1.165) is 43.4 Å². The normalized spacial score (nSPS) is 11.9. The number of hydrogen-bond acceptors (Lipinski definition) is 1. The molecule has 5 rings (SSSR count). The van der Waals surface area contributed by atoms with Crippen molar-refractivity contribution in [2.24, 2.45) is 0 Å². The minimum Gasteiger partial charge on any atom is -0.376 e. The Morgan fingerprint density at radius 1 is 0.579 bits per heavy atom. The maximum Gasteiger partial charge on any atom is 0.141 e. The molecule has 0 aliphatic heterocycles. The van der Waals surface area contributed by atoms with E-state index in [0.29, 0.717) is 5.02 Å². The first-order valence-corrected chi connectivity index (χ1v) is 13.9. The van der Waals surface area contributed by atoms with E-state index in [2.05, 4.69) is 79.2 Å². The second-order valence-electron chi connectivity index (χ2n) is 10.7. The van der Waals surface area contributed by atoms with Crippen LogP contribution in [0.5, 0.6) is 0 Å². The average Bonchev–Trinajstić information content (AvgIpc) is 2.93. The third-order valence-corrected chi connectivity index (χ3v) is 8.02. The van der Waals surface area contributed by atoms with Gasteiger partial charge in [-0.3, -0.25) is 0 Å². The summed E-state index contributed by atoms with van der Waals surface area (Å²) in [5.74, 6) is 0. The third-order valence-electron chi connectivity index (χ3n) is 7.10. The van der Waals surface area contributed by atoms with Crippen LogP contribution in [0, 0.1) is 0 Å². The number of aliphatic hydroxyl groups is 1. The van der Waals surface area contributed by atoms with Crippen LogP contribution in [0.4, 0.5) is 0 Å². The molecule has 0 aromatic heterocycles. The lowest BCUT2D eigenvalue weighted by molar-refractivity contribution is 0.126. The van der Waals surface area contributed by atoms with E-state index in [1.165, 1.54) is 5.56 Å². The van der Waals surface area contributed by atoms with Gasteiger partial charge in [-0.1, -0.05) is 145 Å². The molecule has 0 amide bonds. The summed E-state index contributed by atoms with van der Waals surface area (Å²) in [5.41, 5.74) is 6.41. The second kappa shape index (κ2) is 10.5. The van der Waals surface area contributed by atoms with E-state index in [1.54, 1.807) is 0 Å². The molecule has 0 aliphatic carbocycles. The lowest BCUT2D eigenvalue weighted by Gasteiger charge is -2.32. The van der Waals surface area contributed by atoms with Crippen LogP contribution in [0.3, 0.4) is 0 Å². The van der Waals surface area contributed by atoms with Gasteiger partial charge in [-0.15, -0.1) is 0 Å². The Kier molecular flexibility index (Phi) is 7.33. The standard InChI is InChI=1S/C35H30BrClO/c1-34(2,3)26-17-14-24(15-18-26)25-16-21-33(36)31(22-25)30-20-19-29(37)23-32(30)35(38,27-10-6-4-7-11-27)28-12-8-5-9-13-28/h4-23,38H,1-3H3. The predicted octanol–water partition coefficient (Wildman–Crippen LogP) is 10.0. The van der Waals surface area contributed by atoms with Crippen LogP contribution in [0.25, 0.3) is 22.3 Å². The van der Waals surface area contributed by atoms with Crippen LogP contribution in [0.15, 0.2) is 126 Å². The van der Waals surface area contributed by atoms with E-state index in [4.69, 9.17) is 11.6 Å². The Hall–Kier alpha value is -3.17. The average molecular weight is 582 g/mol. The van der Waals surface area contributed by atoms with Gasteiger partial charge < -0.3 is 5.11 Å². The summed E-state index contributed by atoms with van der Waals surface area (Å²) < 4.78 is 0.944.